The van der Waals surface area contributed by atoms with Crippen molar-refractivity contribution in [3.8, 4) is 11.4 Å². The van der Waals surface area contributed by atoms with Crippen molar-refractivity contribution in [3.63, 3.8) is 0 Å². The lowest BCUT2D eigenvalue weighted by Crippen LogP contribution is -2.18. The van der Waals surface area contributed by atoms with Crippen LogP contribution in [0.5, 0.6) is 0 Å². The van der Waals surface area contributed by atoms with Gasteiger partial charge in [-0.15, -0.1) is 0 Å². The van der Waals surface area contributed by atoms with Crippen LogP contribution in [0.25, 0.3) is 11.4 Å². The van der Waals surface area contributed by atoms with E-state index in [4.69, 9.17) is 16.6 Å². The van der Waals surface area contributed by atoms with Crippen LogP contribution >= 0.6 is 34.2 Å². The van der Waals surface area contributed by atoms with E-state index in [0.29, 0.717) is 5.82 Å². The summed E-state index contributed by atoms with van der Waals surface area (Å²) in [6.07, 6.45) is 0. The van der Waals surface area contributed by atoms with Crippen LogP contribution in [0.3, 0.4) is 0 Å². The van der Waals surface area contributed by atoms with Crippen molar-refractivity contribution in [1.29, 1.82) is 0 Å². The molecule has 0 aliphatic heterocycles. The Morgan fingerprint density at radius 3 is 2.38 bits per heavy atom. The van der Waals surface area contributed by atoms with Crippen LogP contribution in [0.4, 0.5) is 5.82 Å². The molecule has 0 unspecified atom stereocenters. The minimum absolute atomic E-state index is 0.0473. The van der Waals surface area contributed by atoms with Crippen LogP contribution in [0.15, 0.2) is 18.2 Å². The van der Waals surface area contributed by atoms with E-state index >= 15 is 0 Å². The molecule has 0 aliphatic rings. The van der Waals surface area contributed by atoms with E-state index in [0.717, 1.165) is 31.2 Å². The van der Waals surface area contributed by atoms with Gasteiger partial charge in [0.1, 0.15) is 5.82 Å². The van der Waals surface area contributed by atoms with Gasteiger partial charge in [-0.25, -0.2) is 9.97 Å². The number of aryl methyl sites for hydroxylation is 1. The van der Waals surface area contributed by atoms with E-state index in [9.17, 15) is 0 Å². The molecular formula is C16H19ClIN3. The summed E-state index contributed by atoms with van der Waals surface area (Å²) in [5.74, 6) is 1.55. The van der Waals surface area contributed by atoms with Gasteiger partial charge in [0.05, 0.1) is 9.26 Å². The normalized spacial score (nSPS) is 11.6. The summed E-state index contributed by atoms with van der Waals surface area (Å²) in [6.45, 7) is 8.45. The van der Waals surface area contributed by atoms with Crippen molar-refractivity contribution in [3.05, 3.63) is 38.0 Å². The Hall–Kier alpha value is -0.880. The van der Waals surface area contributed by atoms with Gasteiger partial charge in [0.25, 0.3) is 0 Å². The van der Waals surface area contributed by atoms with Crippen molar-refractivity contribution in [2.45, 2.75) is 33.1 Å². The van der Waals surface area contributed by atoms with E-state index < -0.39 is 0 Å². The number of hydrogen-bond donors (Lipinski definition) is 1. The van der Waals surface area contributed by atoms with Crippen LogP contribution in [0.2, 0.25) is 5.02 Å². The van der Waals surface area contributed by atoms with Gasteiger partial charge < -0.3 is 5.32 Å². The van der Waals surface area contributed by atoms with Crippen molar-refractivity contribution in [1.82, 2.24) is 9.97 Å². The van der Waals surface area contributed by atoms with E-state index in [1.54, 1.807) is 0 Å². The Bertz CT molecular complexity index is 678. The molecule has 112 valence electrons. The Labute approximate surface area is 144 Å². The molecule has 1 aromatic carbocycles. The minimum Gasteiger partial charge on any atom is -0.372 e. The second kappa shape index (κ2) is 6.08. The molecule has 0 fully saturated rings. The molecule has 0 atom stereocenters. The van der Waals surface area contributed by atoms with Crippen molar-refractivity contribution in [2.75, 3.05) is 12.4 Å². The number of hydrogen-bond acceptors (Lipinski definition) is 3. The highest BCUT2D eigenvalue weighted by atomic mass is 127. The summed E-state index contributed by atoms with van der Waals surface area (Å²) in [6, 6.07) is 5.93. The molecule has 5 heteroatoms. The fraction of sp³-hybridized carbons (Fsp3) is 0.375. The molecule has 2 aromatic rings. The van der Waals surface area contributed by atoms with Gasteiger partial charge in [0, 0.05) is 23.0 Å². The molecule has 0 aliphatic carbocycles. The first kappa shape index (κ1) is 16.5. The lowest BCUT2D eigenvalue weighted by atomic mass is 9.91. The monoisotopic (exact) mass is 415 g/mol. The molecule has 21 heavy (non-hydrogen) atoms. The zero-order chi connectivity index (χ0) is 15.8. The van der Waals surface area contributed by atoms with Crippen molar-refractivity contribution < 1.29 is 0 Å². The largest absolute Gasteiger partial charge is 0.372 e. The van der Waals surface area contributed by atoms with Gasteiger partial charge >= 0.3 is 0 Å². The highest BCUT2D eigenvalue weighted by Gasteiger charge is 2.23. The van der Waals surface area contributed by atoms with Crippen LogP contribution in [0, 0.1) is 10.5 Å². The predicted molar refractivity (Wildman–Crippen MR) is 98.2 cm³/mol. The molecular weight excluding hydrogens is 397 g/mol. The number of anilines is 1. The SMILES string of the molecule is CNc1nc(-c2ccc(C)c(Cl)c2)nc(C(C)(C)C)c1I. The lowest BCUT2D eigenvalue weighted by Gasteiger charge is -2.21. The maximum atomic E-state index is 6.23. The third kappa shape index (κ3) is 3.48. The van der Waals surface area contributed by atoms with E-state index in [1.165, 1.54) is 0 Å². The molecule has 0 saturated carbocycles. The third-order valence-electron chi connectivity index (χ3n) is 3.23. The topological polar surface area (TPSA) is 37.8 Å². The van der Waals surface area contributed by atoms with Crippen LogP contribution in [0.1, 0.15) is 32.0 Å². The maximum absolute atomic E-state index is 6.23. The molecule has 1 N–H and O–H groups in total. The molecule has 0 bridgehead atoms. The highest BCUT2D eigenvalue weighted by molar-refractivity contribution is 14.1. The van der Waals surface area contributed by atoms with Gasteiger partial charge in [-0.1, -0.05) is 44.5 Å². The fourth-order valence-electron chi connectivity index (χ4n) is 1.97. The Morgan fingerprint density at radius 1 is 1.19 bits per heavy atom. The molecule has 3 nitrogen and oxygen atoms in total. The Morgan fingerprint density at radius 2 is 1.86 bits per heavy atom. The number of aromatic nitrogens is 2. The highest BCUT2D eigenvalue weighted by Crippen LogP contribution is 2.32. The van der Waals surface area contributed by atoms with Gasteiger partial charge in [-0.2, -0.15) is 0 Å². The van der Waals surface area contributed by atoms with Crippen LogP contribution < -0.4 is 5.32 Å². The summed E-state index contributed by atoms with van der Waals surface area (Å²) < 4.78 is 1.06. The molecule has 0 saturated heterocycles. The first-order valence-electron chi connectivity index (χ1n) is 6.76. The summed E-state index contributed by atoms with van der Waals surface area (Å²) in [5.41, 5.74) is 2.97. The van der Waals surface area contributed by atoms with E-state index in [2.05, 4.69) is 53.7 Å². The minimum atomic E-state index is -0.0473. The first-order valence-corrected chi connectivity index (χ1v) is 8.22. The quantitative estimate of drug-likeness (QED) is 0.698. The predicted octanol–water partition coefficient (Wildman–Crippen LogP) is 5.05. The summed E-state index contributed by atoms with van der Waals surface area (Å²) >= 11 is 8.53. The smallest absolute Gasteiger partial charge is 0.161 e. The molecule has 1 heterocycles. The summed E-state index contributed by atoms with van der Waals surface area (Å²) in [5, 5.41) is 3.89. The number of nitrogens with one attached hydrogen (secondary N) is 1. The van der Waals surface area contributed by atoms with E-state index in [1.807, 2.05) is 32.2 Å². The molecule has 0 radical (unpaired) electrons. The third-order valence-corrected chi connectivity index (χ3v) is 4.66. The maximum Gasteiger partial charge on any atom is 0.161 e. The summed E-state index contributed by atoms with van der Waals surface area (Å²) in [4.78, 5) is 9.39. The fourth-order valence-corrected chi connectivity index (χ4v) is 3.47. The van der Waals surface area contributed by atoms with Crippen molar-refractivity contribution in [2.24, 2.45) is 0 Å². The molecule has 2 rings (SSSR count). The second-order valence-electron chi connectivity index (χ2n) is 6.02. The van der Waals surface area contributed by atoms with Crippen molar-refractivity contribution >= 4 is 40.0 Å². The van der Waals surface area contributed by atoms with Gasteiger partial charge in [0.2, 0.25) is 0 Å². The average Bonchev–Trinajstić information content (AvgIpc) is 2.41. The Kier molecular flexibility index (Phi) is 4.78. The molecule has 1 aromatic heterocycles. The zero-order valence-electron chi connectivity index (χ0n) is 12.9. The Balaban J connectivity index is 2.66. The van der Waals surface area contributed by atoms with Crippen LogP contribution in [-0.4, -0.2) is 17.0 Å². The van der Waals surface area contributed by atoms with Crippen LogP contribution in [-0.2, 0) is 5.41 Å². The lowest BCUT2D eigenvalue weighted by molar-refractivity contribution is 0.564. The number of benzene rings is 1. The second-order valence-corrected chi connectivity index (χ2v) is 7.51. The van der Waals surface area contributed by atoms with Gasteiger partial charge in [0.15, 0.2) is 5.82 Å². The standard InChI is InChI=1S/C16H19ClIN3/c1-9-6-7-10(8-11(9)17)14-20-13(16(2,3)4)12(18)15(19-5)21-14/h6-8H,1-5H3,(H,19,20,21). The number of halogens is 2. The van der Waals surface area contributed by atoms with E-state index in [-0.39, 0.29) is 5.41 Å². The van der Waals surface area contributed by atoms with Gasteiger partial charge in [-0.05, 0) is 41.1 Å². The number of rotatable bonds is 2. The van der Waals surface area contributed by atoms with Gasteiger partial charge in [-0.3, -0.25) is 0 Å². The molecule has 0 spiro atoms. The zero-order valence-corrected chi connectivity index (χ0v) is 15.8. The first-order chi connectivity index (χ1) is 9.74. The molecule has 0 amide bonds. The average molecular weight is 416 g/mol. The number of nitrogens with zero attached hydrogens (tertiary/aromatic N) is 2. The summed E-state index contributed by atoms with van der Waals surface area (Å²) in [7, 11) is 1.88.